The molecule has 1 saturated carbocycles. The van der Waals surface area contributed by atoms with Crippen LogP contribution in [0.4, 0.5) is 0 Å². The average Bonchev–Trinajstić information content (AvgIpc) is 2.90. The van der Waals surface area contributed by atoms with Crippen LogP contribution in [0.3, 0.4) is 0 Å². The molecule has 3 N–H and O–H groups in total. The van der Waals surface area contributed by atoms with Crippen molar-refractivity contribution in [3.05, 3.63) is 23.7 Å². The third-order valence-electron chi connectivity index (χ3n) is 3.82. The number of aliphatic carboxylic acids is 1. The predicted octanol–water partition coefficient (Wildman–Crippen LogP) is 1.24. The van der Waals surface area contributed by atoms with Crippen LogP contribution in [0.5, 0.6) is 0 Å². The van der Waals surface area contributed by atoms with Crippen molar-refractivity contribution < 1.29 is 23.9 Å². The molecule has 1 fully saturated rings. The van der Waals surface area contributed by atoms with Gasteiger partial charge in [0.15, 0.2) is 0 Å². The Bertz CT molecular complexity index is 551. The number of hydrogen-bond donors (Lipinski definition) is 3. The minimum atomic E-state index is -0.966. The van der Waals surface area contributed by atoms with Crippen LogP contribution < -0.4 is 10.9 Å². The van der Waals surface area contributed by atoms with Gasteiger partial charge in [0.05, 0.1) is 23.7 Å². The summed E-state index contributed by atoms with van der Waals surface area (Å²) in [4.78, 5) is 35.0. The van der Waals surface area contributed by atoms with E-state index in [-0.39, 0.29) is 0 Å². The maximum absolute atomic E-state index is 12.1. The van der Waals surface area contributed by atoms with Gasteiger partial charge in [0.25, 0.3) is 5.91 Å². The number of hydrogen-bond acceptors (Lipinski definition) is 4. The summed E-state index contributed by atoms with van der Waals surface area (Å²) >= 11 is 0. The van der Waals surface area contributed by atoms with Gasteiger partial charge in [-0.1, -0.05) is 12.8 Å². The third-order valence-corrected chi connectivity index (χ3v) is 3.82. The monoisotopic (exact) mass is 294 g/mol. The van der Waals surface area contributed by atoms with Gasteiger partial charge in [-0.05, 0) is 25.8 Å². The van der Waals surface area contributed by atoms with Gasteiger partial charge in [0.2, 0.25) is 5.91 Å². The first-order valence-corrected chi connectivity index (χ1v) is 6.87. The van der Waals surface area contributed by atoms with Crippen molar-refractivity contribution in [2.24, 2.45) is 11.8 Å². The van der Waals surface area contributed by atoms with Crippen LogP contribution in [-0.4, -0.2) is 22.9 Å². The van der Waals surface area contributed by atoms with Crippen LogP contribution in [0, 0.1) is 18.8 Å². The summed E-state index contributed by atoms with van der Waals surface area (Å²) in [5.41, 5.74) is 4.93. The molecular weight excluding hydrogens is 276 g/mol. The Morgan fingerprint density at radius 3 is 2.43 bits per heavy atom. The van der Waals surface area contributed by atoms with E-state index < -0.39 is 29.6 Å². The maximum atomic E-state index is 12.1. The number of carbonyl (C=O) groups excluding carboxylic acids is 2. The summed E-state index contributed by atoms with van der Waals surface area (Å²) in [6, 6.07) is 1.50. The molecule has 1 aliphatic rings. The molecule has 2 amide bonds. The molecule has 0 radical (unpaired) electrons. The molecule has 0 unspecified atom stereocenters. The van der Waals surface area contributed by atoms with Crippen molar-refractivity contribution in [2.75, 3.05) is 0 Å². The molecule has 2 atom stereocenters. The van der Waals surface area contributed by atoms with E-state index in [1.807, 2.05) is 0 Å². The van der Waals surface area contributed by atoms with Gasteiger partial charge >= 0.3 is 5.97 Å². The zero-order chi connectivity index (χ0) is 15.4. The van der Waals surface area contributed by atoms with Crippen LogP contribution in [0.15, 0.2) is 16.7 Å². The van der Waals surface area contributed by atoms with Crippen molar-refractivity contribution in [3.8, 4) is 0 Å². The highest BCUT2D eigenvalue weighted by Gasteiger charge is 2.35. The number of furan rings is 1. The lowest BCUT2D eigenvalue weighted by Gasteiger charge is -2.27. The number of rotatable bonds is 3. The Labute approximate surface area is 121 Å². The molecule has 0 aromatic carbocycles. The number of hydrazine groups is 1. The van der Waals surface area contributed by atoms with Gasteiger partial charge in [-0.2, -0.15) is 0 Å². The van der Waals surface area contributed by atoms with Gasteiger partial charge in [-0.15, -0.1) is 0 Å². The summed E-state index contributed by atoms with van der Waals surface area (Å²) in [6.07, 6.45) is 4.01. The lowest BCUT2D eigenvalue weighted by Crippen LogP contribution is -2.47. The lowest BCUT2D eigenvalue weighted by molar-refractivity contribution is -0.149. The Morgan fingerprint density at radius 2 is 1.86 bits per heavy atom. The van der Waals surface area contributed by atoms with E-state index in [0.717, 1.165) is 12.8 Å². The number of carbonyl (C=O) groups is 3. The molecule has 7 nitrogen and oxygen atoms in total. The van der Waals surface area contributed by atoms with E-state index in [1.54, 1.807) is 6.92 Å². The molecule has 1 aromatic rings. The highest BCUT2D eigenvalue weighted by atomic mass is 16.4. The lowest BCUT2D eigenvalue weighted by atomic mass is 9.79. The minimum Gasteiger partial charge on any atom is -0.481 e. The molecule has 0 aliphatic heterocycles. The summed E-state index contributed by atoms with van der Waals surface area (Å²) in [6.45, 7) is 1.64. The summed E-state index contributed by atoms with van der Waals surface area (Å²) in [5, 5.41) is 9.14. The molecule has 2 rings (SSSR count). The minimum absolute atomic E-state index is 0.328. The topological polar surface area (TPSA) is 109 Å². The quantitative estimate of drug-likeness (QED) is 0.727. The van der Waals surface area contributed by atoms with E-state index in [1.165, 1.54) is 12.3 Å². The average molecular weight is 294 g/mol. The predicted molar refractivity (Wildman–Crippen MR) is 72.1 cm³/mol. The Balaban J connectivity index is 1.93. The zero-order valence-corrected chi connectivity index (χ0v) is 11.7. The molecule has 1 heterocycles. The van der Waals surface area contributed by atoms with Crippen molar-refractivity contribution in [3.63, 3.8) is 0 Å². The number of carboxylic acids is 1. The molecule has 114 valence electrons. The first-order chi connectivity index (χ1) is 10.0. The Morgan fingerprint density at radius 1 is 1.19 bits per heavy atom. The first-order valence-electron chi connectivity index (χ1n) is 6.87. The van der Waals surface area contributed by atoms with Gasteiger partial charge in [0.1, 0.15) is 5.76 Å². The third kappa shape index (κ3) is 3.42. The van der Waals surface area contributed by atoms with Crippen LogP contribution in [0.1, 0.15) is 41.8 Å². The molecule has 0 saturated heterocycles. The fourth-order valence-corrected chi connectivity index (χ4v) is 2.64. The van der Waals surface area contributed by atoms with Crippen LogP contribution in [0.2, 0.25) is 0 Å². The van der Waals surface area contributed by atoms with E-state index >= 15 is 0 Å². The summed E-state index contributed by atoms with van der Waals surface area (Å²) < 4.78 is 5.01. The number of aryl methyl sites for hydroxylation is 1. The molecule has 0 spiro atoms. The van der Waals surface area contributed by atoms with Gasteiger partial charge in [0, 0.05) is 0 Å². The second kappa shape index (κ2) is 6.43. The SMILES string of the molecule is Cc1occc1C(=O)NNC(=O)[C@H]1CCCC[C@@H]1C(=O)O. The summed E-state index contributed by atoms with van der Waals surface area (Å²) in [5.74, 6) is -2.77. The van der Waals surface area contributed by atoms with E-state index in [0.29, 0.717) is 24.2 Å². The zero-order valence-electron chi connectivity index (χ0n) is 11.7. The second-order valence-corrected chi connectivity index (χ2v) is 5.17. The van der Waals surface area contributed by atoms with Crippen molar-refractivity contribution in [1.82, 2.24) is 10.9 Å². The number of nitrogens with one attached hydrogen (secondary N) is 2. The van der Waals surface area contributed by atoms with Crippen LogP contribution in [-0.2, 0) is 9.59 Å². The molecule has 21 heavy (non-hydrogen) atoms. The Hall–Kier alpha value is -2.31. The maximum Gasteiger partial charge on any atom is 0.307 e. The normalized spacial score (nSPS) is 21.6. The van der Waals surface area contributed by atoms with Gasteiger partial charge < -0.3 is 9.52 Å². The van der Waals surface area contributed by atoms with Crippen LogP contribution >= 0.6 is 0 Å². The highest BCUT2D eigenvalue weighted by Crippen LogP contribution is 2.30. The van der Waals surface area contributed by atoms with E-state index in [2.05, 4.69) is 10.9 Å². The first kappa shape index (κ1) is 15.1. The van der Waals surface area contributed by atoms with Crippen molar-refractivity contribution >= 4 is 17.8 Å². The van der Waals surface area contributed by atoms with E-state index in [4.69, 9.17) is 9.52 Å². The summed E-state index contributed by atoms with van der Waals surface area (Å²) in [7, 11) is 0. The molecule has 7 heteroatoms. The smallest absolute Gasteiger partial charge is 0.307 e. The highest BCUT2D eigenvalue weighted by molar-refractivity contribution is 5.96. The van der Waals surface area contributed by atoms with Crippen LogP contribution in [0.25, 0.3) is 0 Å². The largest absolute Gasteiger partial charge is 0.481 e. The fourth-order valence-electron chi connectivity index (χ4n) is 2.64. The van der Waals surface area contributed by atoms with E-state index in [9.17, 15) is 14.4 Å². The second-order valence-electron chi connectivity index (χ2n) is 5.17. The molecule has 1 aromatic heterocycles. The molecular formula is C14H18N2O5. The standard InChI is InChI=1S/C14H18N2O5/c1-8-9(6-7-21-8)12(17)15-16-13(18)10-4-2-3-5-11(10)14(19)20/h6-7,10-11H,2-5H2,1H3,(H,15,17)(H,16,18)(H,19,20)/t10-,11-/m0/s1. The number of amides is 2. The Kier molecular flexibility index (Phi) is 4.62. The van der Waals surface area contributed by atoms with Gasteiger partial charge in [-0.25, -0.2) is 0 Å². The van der Waals surface area contributed by atoms with Crippen molar-refractivity contribution in [2.45, 2.75) is 32.6 Å². The molecule has 0 bridgehead atoms. The molecule has 1 aliphatic carbocycles. The fraction of sp³-hybridized carbons (Fsp3) is 0.500. The number of carboxylic acid groups (broad SMARTS) is 1. The van der Waals surface area contributed by atoms with Gasteiger partial charge in [-0.3, -0.25) is 25.2 Å². The van der Waals surface area contributed by atoms with Crippen molar-refractivity contribution in [1.29, 1.82) is 0 Å².